The van der Waals surface area contributed by atoms with Crippen molar-refractivity contribution >= 4 is 38.9 Å². The summed E-state index contributed by atoms with van der Waals surface area (Å²) in [5, 5.41) is 3.34. The first-order valence-electron chi connectivity index (χ1n) is 9.73. The Labute approximate surface area is 182 Å². The minimum atomic E-state index is -3.72. The summed E-state index contributed by atoms with van der Waals surface area (Å²) in [7, 11) is 0.00810. The Morgan fingerprint density at radius 3 is 2.50 bits per heavy atom. The van der Waals surface area contributed by atoms with E-state index < -0.39 is 15.9 Å². The van der Waals surface area contributed by atoms with Gasteiger partial charge in [-0.1, -0.05) is 24.6 Å². The van der Waals surface area contributed by atoms with Crippen molar-refractivity contribution in [3.8, 4) is 0 Å². The molecule has 9 heteroatoms. The summed E-state index contributed by atoms with van der Waals surface area (Å²) < 4.78 is 33.1. The fraction of sp³-hybridized carbons (Fsp3) is 0.381. The van der Waals surface area contributed by atoms with E-state index in [0.29, 0.717) is 49.0 Å². The van der Waals surface area contributed by atoms with Gasteiger partial charge in [-0.05, 0) is 42.3 Å². The lowest BCUT2D eigenvalue weighted by Gasteiger charge is -2.27. The number of hydrogen-bond donors (Lipinski definition) is 1. The molecule has 0 aromatic heterocycles. The molecule has 1 fully saturated rings. The van der Waals surface area contributed by atoms with Gasteiger partial charge in [0.15, 0.2) is 0 Å². The molecule has 0 aliphatic carbocycles. The molecule has 2 aromatic carbocycles. The first-order valence-corrected chi connectivity index (χ1v) is 11.5. The predicted octanol–water partition coefficient (Wildman–Crippen LogP) is 3.24. The Balaban J connectivity index is 1.95. The molecule has 0 spiro atoms. The number of sulfonamides is 1. The van der Waals surface area contributed by atoms with Crippen molar-refractivity contribution in [1.29, 1.82) is 0 Å². The zero-order valence-corrected chi connectivity index (χ0v) is 18.9. The minimum Gasteiger partial charge on any atom is -0.379 e. The number of anilines is 2. The van der Waals surface area contributed by atoms with E-state index in [9.17, 15) is 13.2 Å². The van der Waals surface area contributed by atoms with Gasteiger partial charge in [0.25, 0.3) is 5.91 Å². The molecule has 1 amide bonds. The van der Waals surface area contributed by atoms with Crippen LogP contribution in [0.15, 0.2) is 41.3 Å². The van der Waals surface area contributed by atoms with Gasteiger partial charge in [0.1, 0.15) is 0 Å². The Kier molecular flexibility index (Phi) is 7.02. The number of aryl methyl sites for hydroxylation is 1. The lowest BCUT2D eigenvalue weighted by Crippen LogP contribution is -2.41. The van der Waals surface area contributed by atoms with Gasteiger partial charge in [-0.2, -0.15) is 4.31 Å². The average molecular weight is 452 g/mol. The van der Waals surface area contributed by atoms with Gasteiger partial charge in [0.05, 0.1) is 29.5 Å². The highest BCUT2D eigenvalue weighted by atomic mass is 35.5. The zero-order chi connectivity index (χ0) is 21.9. The summed E-state index contributed by atoms with van der Waals surface area (Å²) >= 11 is 6.10. The number of carbonyl (C=O) groups is 1. The molecule has 0 unspecified atom stereocenters. The monoisotopic (exact) mass is 451 g/mol. The predicted molar refractivity (Wildman–Crippen MR) is 119 cm³/mol. The summed E-state index contributed by atoms with van der Waals surface area (Å²) in [6.07, 6.45) is 0.542. The van der Waals surface area contributed by atoms with Crippen molar-refractivity contribution in [3.63, 3.8) is 0 Å². The molecular weight excluding hydrogens is 426 g/mol. The molecule has 1 N–H and O–H groups in total. The van der Waals surface area contributed by atoms with Crippen LogP contribution in [0.25, 0.3) is 0 Å². The van der Waals surface area contributed by atoms with Crippen molar-refractivity contribution < 1.29 is 17.9 Å². The summed E-state index contributed by atoms with van der Waals surface area (Å²) in [5.41, 5.74) is 2.28. The van der Waals surface area contributed by atoms with Crippen molar-refractivity contribution in [2.75, 3.05) is 50.6 Å². The van der Waals surface area contributed by atoms with E-state index in [4.69, 9.17) is 16.3 Å². The number of carbonyl (C=O) groups excluding carboxylic acids is 1. The number of hydrogen-bond acceptors (Lipinski definition) is 5. The number of ether oxygens (including phenoxy) is 1. The topological polar surface area (TPSA) is 79.0 Å². The van der Waals surface area contributed by atoms with Crippen molar-refractivity contribution in [1.82, 2.24) is 4.31 Å². The SMILES string of the molecule is CCc1ccc(C(=O)Nc2cc(Cl)ccc2N(C)C)cc1S(=O)(=O)N1CCOCC1. The normalized spacial score (nSPS) is 15.1. The van der Waals surface area contributed by atoms with Gasteiger partial charge in [-0.25, -0.2) is 8.42 Å². The molecule has 0 saturated carbocycles. The van der Waals surface area contributed by atoms with Gasteiger partial charge in [-0.15, -0.1) is 0 Å². The molecule has 0 radical (unpaired) electrons. The minimum absolute atomic E-state index is 0.165. The first-order chi connectivity index (χ1) is 14.2. The molecule has 1 heterocycles. The fourth-order valence-corrected chi connectivity index (χ4v) is 5.25. The van der Waals surface area contributed by atoms with E-state index in [0.717, 1.165) is 5.69 Å². The fourth-order valence-electron chi connectivity index (χ4n) is 3.35. The van der Waals surface area contributed by atoms with Crippen LogP contribution in [-0.2, 0) is 21.2 Å². The van der Waals surface area contributed by atoms with Crippen LogP contribution in [-0.4, -0.2) is 59.0 Å². The van der Waals surface area contributed by atoms with Crippen LogP contribution >= 0.6 is 11.6 Å². The first kappa shape index (κ1) is 22.6. The van der Waals surface area contributed by atoms with Crippen LogP contribution in [0, 0.1) is 0 Å². The van der Waals surface area contributed by atoms with Crippen LogP contribution < -0.4 is 10.2 Å². The van der Waals surface area contributed by atoms with Crippen LogP contribution in [0.1, 0.15) is 22.8 Å². The smallest absolute Gasteiger partial charge is 0.255 e. The molecule has 2 aromatic rings. The number of morpholine rings is 1. The maximum absolute atomic E-state index is 13.2. The van der Waals surface area contributed by atoms with Crippen LogP contribution in [0.3, 0.4) is 0 Å². The molecule has 1 aliphatic rings. The standard InChI is InChI=1S/C21H26ClN3O4S/c1-4-15-5-6-16(13-20(15)30(27,28)25-9-11-29-12-10-25)21(26)23-18-14-17(22)7-8-19(18)24(2)3/h5-8,13-14H,4,9-12H2,1-3H3,(H,23,26). The summed E-state index contributed by atoms with van der Waals surface area (Å²) in [4.78, 5) is 15.0. The van der Waals surface area contributed by atoms with Crippen LogP contribution in [0.5, 0.6) is 0 Å². The van der Waals surface area contributed by atoms with Crippen molar-refractivity contribution in [2.24, 2.45) is 0 Å². The van der Waals surface area contributed by atoms with E-state index in [1.807, 2.05) is 32.0 Å². The number of rotatable bonds is 6. The quantitative estimate of drug-likeness (QED) is 0.729. The maximum atomic E-state index is 13.2. The van der Waals surface area contributed by atoms with Crippen LogP contribution in [0.4, 0.5) is 11.4 Å². The lowest BCUT2D eigenvalue weighted by atomic mass is 10.1. The second-order valence-electron chi connectivity index (χ2n) is 7.20. The van der Waals surface area contributed by atoms with E-state index in [2.05, 4.69) is 5.32 Å². The number of halogens is 1. The number of amides is 1. The lowest BCUT2D eigenvalue weighted by molar-refractivity contribution is 0.0730. The van der Waals surface area contributed by atoms with Gasteiger partial charge in [-0.3, -0.25) is 4.79 Å². The largest absolute Gasteiger partial charge is 0.379 e. The molecule has 30 heavy (non-hydrogen) atoms. The third-order valence-electron chi connectivity index (χ3n) is 4.99. The molecule has 7 nitrogen and oxygen atoms in total. The number of nitrogens with one attached hydrogen (secondary N) is 1. The zero-order valence-electron chi connectivity index (χ0n) is 17.3. The van der Waals surface area contributed by atoms with Gasteiger partial charge >= 0.3 is 0 Å². The third-order valence-corrected chi connectivity index (χ3v) is 7.20. The molecule has 162 valence electrons. The van der Waals surface area contributed by atoms with Crippen molar-refractivity contribution in [3.05, 3.63) is 52.5 Å². The Morgan fingerprint density at radius 2 is 1.87 bits per heavy atom. The van der Waals surface area contributed by atoms with Gasteiger partial charge in [0, 0.05) is 37.8 Å². The number of benzene rings is 2. The summed E-state index contributed by atoms with van der Waals surface area (Å²) in [6, 6.07) is 10.0. The van der Waals surface area contributed by atoms with Gasteiger partial charge in [0.2, 0.25) is 10.0 Å². The maximum Gasteiger partial charge on any atom is 0.255 e. The molecule has 3 rings (SSSR count). The van der Waals surface area contributed by atoms with Crippen molar-refractivity contribution in [2.45, 2.75) is 18.2 Å². The van der Waals surface area contributed by atoms with E-state index >= 15 is 0 Å². The Morgan fingerprint density at radius 1 is 1.17 bits per heavy atom. The highest BCUT2D eigenvalue weighted by molar-refractivity contribution is 7.89. The highest BCUT2D eigenvalue weighted by Crippen LogP contribution is 2.29. The molecule has 1 saturated heterocycles. The molecule has 0 bridgehead atoms. The molecule has 0 atom stereocenters. The summed E-state index contributed by atoms with van der Waals surface area (Å²) in [5.74, 6) is -0.401. The second kappa shape index (κ2) is 9.34. The number of nitrogens with zero attached hydrogens (tertiary/aromatic N) is 2. The van der Waals surface area contributed by atoms with E-state index in [1.54, 1.807) is 24.3 Å². The molecular formula is C21H26ClN3O4S. The van der Waals surface area contributed by atoms with E-state index in [1.165, 1.54) is 10.4 Å². The second-order valence-corrected chi connectivity index (χ2v) is 9.55. The molecule has 1 aliphatic heterocycles. The Bertz CT molecular complexity index is 1030. The Hall–Kier alpha value is -2.13. The average Bonchev–Trinajstić information content (AvgIpc) is 2.73. The third kappa shape index (κ3) is 4.78. The van der Waals surface area contributed by atoms with E-state index in [-0.39, 0.29) is 10.5 Å². The summed E-state index contributed by atoms with van der Waals surface area (Å²) in [6.45, 7) is 3.22. The van der Waals surface area contributed by atoms with Crippen LogP contribution in [0.2, 0.25) is 5.02 Å². The van der Waals surface area contributed by atoms with Gasteiger partial charge < -0.3 is 15.0 Å². The highest BCUT2D eigenvalue weighted by Gasteiger charge is 2.29.